The molecule has 106 valence electrons. The van der Waals surface area contributed by atoms with Crippen molar-refractivity contribution >= 4 is 5.91 Å². The number of nitrogens with one attached hydrogen (secondary N) is 2. The fourth-order valence-electron chi connectivity index (χ4n) is 1.88. The first-order chi connectivity index (χ1) is 9.58. The summed E-state index contributed by atoms with van der Waals surface area (Å²) in [6, 6.07) is 0. The van der Waals surface area contributed by atoms with E-state index in [-0.39, 0.29) is 17.2 Å². The van der Waals surface area contributed by atoms with Crippen LogP contribution in [-0.4, -0.2) is 27.6 Å². The van der Waals surface area contributed by atoms with E-state index in [1.54, 1.807) is 0 Å². The summed E-state index contributed by atoms with van der Waals surface area (Å²) in [4.78, 5) is 28.7. The van der Waals surface area contributed by atoms with Crippen molar-refractivity contribution in [3.63, 3.8) is 0 Å². The molecular formula is C13H16N4O3. The van der Waals surface area contributed by atoms with Gasteiger partial charge in [0.05, 0.1) is 11.9 Å². The Balaban J connectivity index is 1.80. The van der Waals surface area contributed by atoms with Gasteiger partial charge in [0.1, 0.15) is 11.5 Å². The van der Waals surface area contributed by atoms with Gasteiger partial charge in [-0.2, -0.15) is 0 Å². The molecule has 0 saturated carbocycles. The highest BCUT2D eigenvalue weighted by molar-refractivity contribution is 5.91. The van der Waals surface area contributed by atoms with Crippen LogP contribution >= 0.6 is 0 Å². The molecule has 20 heavy (non-hydrogen) atoms. The third-order valence-corrected chi connectivity index (χ3v) is 2.98. The van der Waals surface area contributed by atoms with Crippen molar-refractivity contribution in [2.45, 2.75) is 26.7 Å². The number of amides is 1. The zero-order valence-electron chi connectivity index (χ0n) is 11.4. The van der Waals surface area contributed by atoms with Crippen LogP contribution in [0.3, 0.4) is 0 Å². The first-order valence-corrected chi connectivity index (χ1v) is 6.32. The average Bonchev–Trinajstić information content (AvgIpc) is 2.75. The van der Waals surface area contributed by atoms with Crippen molar-refractivity contribution < 1.29 is 9.32 Å². The number of aromatic nitrogens is 3. The Kier molecular flexibility index (Phi) is 4.29. The largest absolute Gasteiger partial charge is 0.361 e. The minimum atomic E-state index is -0.333. The SMILES string of the molecule is Cc1noc(C)c1CCCNC(=O)c1c[nH]c(=O)cn1. The summed E-state index contributed by atoms with van der Waals surface area (Å²) in [5.41, 5.74) is 1.83. The van der Waals surface area contributed by atoms with Crippen LogP contribution in [0.25, 0.3) is 0 Å². The van der Waals surface area contributed by atoms with Crippen LogP contribution in [0.4, 0.5) is 0 Å². The molecule has 0 bridgehead atoms. The first-order valence-electron chi connectivity index (χ1n) is 6.32. The summed E-state index contributed by atoms with van der Waals surface area (Å²) >= 11 is 0. The van der Waals surface area contributed by atoms with Crippen molar-refractivity contribution in [2.24, 2.45) is 0 Å². The third kappa shape index (κ3) is 3.31. The molecule has 2 N–H and O–H groups in total. The molecule has 0 aliphatic heterocycles. The summed E-state index contributed by atoms with van der Waals surface area (Å²) in [6.07, 6.45) is 3.95. The van der Waals surface area contributed by atoms with Gasteiger partial charge in [0.25, 0.3) is 11.5 Å². The van der Waals surface area contributed by atoms with E-state index < -0.39 is 0 Å². The molecule has 0 aliphatic rings. The fraction of sp³-hybridized carbons (Fsp3) is 0.385. The average molecular weight is 276 g/mol. The Bertz CT molecular complexity index is 620. The number of rotatable bonds is 5. The monoisotopic (exact) mass is 276 g/mol. The number of aryl methyl sites for hydroxylation is 2. The van der Waals surface area contributed by atoms with Crippen LogP contribution in [0, 0.1) is 13.8 Å². The van der Waals surface area contributed by atoms with Gasteiger partial charge in [-0.05, 0) is 26.7 Å². The third-order valence-electron chi connectivity index (χ3n) is 2.98. The lowest BCUT2D eigenvalue weighted by Gasteiger charge is -2.04. The van der Waals surface area contributed by atoms with Gasteiger partial charge in [-0.1, -0.05) is 5.16 Å². The molecule has 2 rings (SSSR count). The Morgan fingerprint density at radius 1 is 1.45 bits per heavy atom. The van der Waals surface area contributed by atoms with E-state index in [2.05, 4.69) is 20.4 Å². The van der Waals surface area contributed by atoms with Crippen LogP contribution in [0.15, 0.2) is 21.7 Å². The van der Waals surface area contributed by atoms with Crippen molar-refractivity contribution in [3.05, 3.63) is 45.5 Å². The molecule has 2 heterocycles. The molecule has 0 spiro atoms. The van der Waals surface area contributed by atoms with Crippen LogP contribution in [0.2, 0.25) is 0 Å². The van der Waals surface area contributed by atoms with Crippen molar-refractivity contribution in [3.8, 4) is 0 Å². The molecule has 1 amide bonds. The molecule has 2 aromatic rings. The van der Waals surface area contributed by atoms with Gasteiger partial charge in [-0.25, -0.2) is 4.98 Å². The predicted octanol–water partition coefficient (Wildman–Crippen LogP) is 0.737. The smallest absolute Gasteiger partial charge is 0.271 e. The van der Waals surface area contributed by atoms with Gasteiger partial charge in [0, 0.05) is 18.3 Å². The highest BCUT2D eigenvalue weighted by atomic mass is 16.5. The maximum absolute atomic E-state index is 11.7. The van der Waals surface area contributed by atoms with Crippen LogP contribution in [-0.2, 0) is 6.42 Å². The van der Waals surface area contributed by atoms with Crippen molar-refractivity contribution in [2.75, 3.05) is 6.54 Å². The van der Waals surface area contributed by atoms with E-state index in [0.717, 1.165) is 36.1 Å². The molecule has 0 saturated heterocycles. The standard InChI is InChI=1S/C13H16N4O3/c1-8-10(9(2)20-17-8)4-3-5-14-13(19)11-6-16-12(18)7-15-11/h6-7H,3-5H2,1-2H3,(H,14,19)(H,16,18). The summed E-state index contributed by atoms with van der Waals surface area (Å²) in [5.74, 6) is 0.510. The second kappa shape index (κ2) is 6.14. The van der Waals surface area contributed by atoms with Gasteiger partial charge in [0.2, 0.25) is 0 Å². The second-order valence-electron chi connectivity index (χ2n) is 4.46. The van der Waals surface area contributed by atoms with Gasteiger partial charge < -0.3 is 14.8 Å². The highest BCUT2D eigenvalue weighted by Gasteiger charge is 2.09. The van der Waals surface area contributed by atoms with E-state index in [1.807, 2.05) is 13.8 Å². The normalized spacial score (nSPS) is 10.5. The number of hydrogen-bond acceptors (Lipinski definition) is 5. The maximum Gasteiger partial charge on any atom is 0.271 e. The Morgan fingerprint density at radius 3 is 2.85 bits per heavy atom. The van der Waals surface area contributed by atoms with E-state index in [9.17, 15) is 9.59 Å². The van der Waals surface area contributed by atoms with E-state index in [1.165, 1.54) is 6.20 Å². The zero-order chi connectivity index (χ0) is 14.5. The van der Waals surface area contributed by atoms with Gasteiger partial charge in [0.15, 0.2) is 0 Å². The van der Waals surface area contributed by atoms with Gasteiger partial charge in [-0.15, -0.1) is 0 Å². The molecule has 0 aliphatic carbocycles. The number of hydrogen-bond donors (Lipinski definition) is 2. The number of H-pyrrole nitrogens is 1. The lowest BCUT2D eigenvalue weighted by Crippen LogP contribution is -2.26. The van der Waals surface area contributed by atoms with Crippen molar-refractivity contribution in [1.82, 2.24) is 20.4 Å². The second-order valence-corrected chi connectivity index (χ2v) is 4.46. The molecular weight excluding hydrogens is 260 g/mol. The highest BCUT2D eigenvalue weighted by Crippen LogP contribution is 2.13. The lowest BCUT2D eigenvalue weighted by molar-refractivity contribution is 0.0948. The summed E-state index contributed by atoms with van der Waals surface area (Å²) in [6.45, 7) is 4.29. The van der Waals surface area contributed by atoms with Gasteiger partial charge >= 0.3 is 0 Å². The van der Waals surface area contributed by atoms with Gasteiger partial charge in [-0.3, -0.25) is 9.59 Å². The van der Waals surface area contributed by atoms with E-state index >= 15 is 0 Å². The Morgan fingerprint density at radius 2 is 2.25 bits per heavy atom. The van der Waals surface area contributed by atoms with Crippen LogP contribution in [0.5, 0.6) is 0 Å². The van der Waals surface area contributed by atoms with Crippen LogP contribution < -0.4 is 10.9 Å². The molecule has 0 fully saturated rings. The molecule has 7 nitrogen and oxygen atoms in total. The minimum Gasteiger partial charge on any atom is -0.361 e. The zero-order valence-corrected chi connectivity index (χ0v) is 11.4. The minimum absolute atomic E-state index is 0.196. The number of carbonyl (C=O) groups excluding carboxylic acids is 1. The topological polar surface area (TPSA) is 101 Å². The quantitative estimate of drug-likeness (QED) is 0.784. The molecule has 0 radical (unpaired) electrons. The van der Waals surface area contributed by atoms with E-state index in [0.29, 0.717) is 6.54 Å². The molecule has 0 aromatic carbocycles. The van der Waals surface area contributed by atoms with Crippen molar-refractivity contribution in [1.29, 1.82) is 0 Å². The number of nitrogens with zero attached hydrogens (tertiary/aromatic N) is 2. The Labute approximate surface area is 115 Å². The first kappa shape index (κ1) is 14.0. The fourth-order valence-corrected chi connectivity index (χ4v) is 1.88. The summed E-state index contributed by atoms with van der Waals surface area (Å²) in [5, 5.41) is 6.63. The summed E-state index contributed by atoms with van der Waals surface area (Å²) < 4.78 is 5.07. The molecule has 0 unspecified atom stereocenters. The van der Waals surface area contributed by atoms with E-state index in [4.69, 9.17) is 4.52 Å². The molecule has 0 atom stereocenters. The molecule has 2 aromatic heterocycles. The maximum atomic E-state index is 11.7. The number of carbonyl (C=O) groups is 1. The Hall–Kier alpha value is -2.44. The van der Waals surface area contributed by atoms with Crippen LogP contribution in [0.1, 0.15) is 33.9 Å². The number of aromatic amines is 1. The molecule has 7 heteroatoms. The predicted molar refractivity (Wildman–Crippen MR) is 71.5 cm³/mol. The lowest BCUT2D eigenvalue weighted by atomic mass is 10.1. The summed E-state index contributed by atoms with van der Waals surface area (Å²) in [7, 11) is 0.